The van der Waals surface area contributed by atoms with Gasteiger partial charge in [-0.2, -0.15) is 13.2 Å². The van der Waals surface area contributed by atoms with E-state index in [0.29, 0.717) is 11.8 Å². The largest absolute Gasteiger partial charge is 0.415 e. The molecular formula is C7H12F3N3O2. The van der Waals surface area contributed by atoms with E-state index in [1.54, 1.807) is 0 Å². The van der Waals surface area contributed by atoms with Crippen LogP contribution in [0.3, 0.4) is 0 Å². The fourth-order valence-corrected chi connectivity index (χ4v) is 0.823. The maximum Gasteiger partial charge on any atom is 0.415 e. The highest BCUT2D eigenvalue weighted by atomic mass is 19.4. The average molecular weight is 227 g/mol. The SMILES string of the molecule is CN(CC(N)=O)C(=O)C(C)(N)C(F)(F)F. The quantitative estimate of drug-likeness (QED) is 0.662. The second-order valence-corrected chi connectivity index (χ2v) is 3.33. The number of nitrogens with two attached hydrogens (primary N) is 2. The Morgan fingerprint density at radius 3 is 2.00 bits per heavy atom. The summed E-state index contributed by atoms with van der Waals surface area (Å²) >= 11 is 0. The molecule has 8 heteroatoms. The van der Waals surface area contributed by atoms with E-state index in [4.69, 9.17) is 11.5 Å². The average Bonchev–Trinajstić information content (AvgIpc) is 1.99. The Bertz CT molecular complexity index is 275. The molecule has 0 saturated heterocycles. The summed E-state index contributed by atoms with van der Waals surface area (Å²) < 4.78 is 36.9. The Kier molecular flexibility index (Phi) is 3.70. The fraction of sp³-hybridized carbons (Fsp3) is 0.714. The van der Waals surface area contributed by atoms with Gasteiger partial charge in [0.1, 0.15) is 0 Å². The molecule has 5 nitrogen and oxygen atoms in total. The van der Waals surface area contributed by atoms with Crippen molar-refractivity contribution in [3.63, 3.8) is 0 Å². The summed E-state index contributed by atoms with van der Waals surface area (Å²) in [7, 11) is 1.02. The molecule has 0 radical (unpaired) electrons. The van der Waals surface area contributed by atoms with Crippen molar-refractivity contribution in [2.45, 2.75) is 18.6 Å². The zero-order chi connectivity index (χ0) is 12.4. The number of halogens is 3. The molecule has 0 aliphatic heterocycles. The number of likely N-dealkylation sites (N-methyl/N-ethyl adjacent to an activating group) is 1. The standard InChI is InChI=1S/C7H12F3N3O2/c1-6(12,7(8,9)10)5(15)13(2)3-4(11)14/h3,12H2,1-2H3,(H2,11,14). The minimum Gasteiger partial charge on any atom is -0.368 e. The monoisotopic (exact) mass is 227 g/mol. The minimum absolute atomic E-state index is 0.535. The summed E-state index contributed by atoms with van der Waals surface area (Å²) in [6.07, 6.45) is -4.88. The third-order valence-corrected chi connectivity index (χ3v) is 1.77. The van der Waals surface area contributed by atoms with E-state index in [-0.39, 0.29) is 0 Å². The zero-order valence-electron chi connectivity index (χ0n) is 8.26. The number of carbonyl (C=O) groups is 2. The summed E-state index contributed by atoms with van der Waals surface area (Å²) in [5, 5.41) is 0. The molecule has 2 amide bonds. The van der Waals surface area contributed by atoms with Crippen LogP contribution < -0.4 is 11.5 Å². The van der Waals surface area contributed by atoms with Crippen LogP contribution in [0.4, 0.5) is 13.2 Å². The second kappa shape index (κ2) is 4.05. The molecular weight excluding hydrogens is 215 g/mol. The molecule has 88 valence electrons. The van der Waals surface area contributed by atoms with E-state index < -0.39 is 30.1 Å². The molecule has 0 heterocycles. The molecule has 0 aliphatic rings. The molecule has 0 bridgehead atoms. The lowest BCUT2D eigenvalue weighted by Crippen LogP contribution is -2.62. The van der Waals surface area contributed by atoms with Crippen molar-refractivity contribution in [3.8, 4) is 0 Å². The highest BCUT2D eigenvalue weighted by Crippen LogP contribution is 2.29. The number of hydrogen-bond donors (Lipinski definition) is 2. The molecule has 0 aromatic rings. The predicted octanol–water partition coefficient (Wildman–Crippen LogP) is -0.790. The molecule has 0 fully saturated rings. The lowest BCUT2D eigenvalue weighted by Gasteiger charge is -2.30. The van der Waals surface area contributed by atoms with Gasteiger partial charge in [-0.3, -0.25) is 9.59 Å². The van der Waals surface area contributed by atoms with Crippen molar-refractivity contribution in [1.82, 2.24) is 4.90 Å². The zero-order valence-corrected chi connectivity index (χ0v) is 8.26. The molecule has 1 unspecified atom stereocenters. The van der Waals surface area contributed by atoms with Gasteiger partial charge in [0, 0.05) is 7.05 Å². The maximum atomic E-state index is 12.3. The lowest BCUT2D eigenvalue weighted by atomic mass is 10.0. The van der Waals surface area contributed by atoms with Gasteiger partial charge in [0.2, 0.25) is 5.91 Å². The predicted molar refractivity (Wildman–Crippen MR) is 45.5 cm³/mol. The summed E-state index contributed by atoms with van der Waals surface area (Å²) in [6.45, 7) is -0.0749. The van der Waals surface area contributed by atoms with Crippen LogP contribution in [0, 0.1) is 0 Å². The van der Waals surface area contributed by atoms with E-state index in [1.165, 1.54) is 0 Å². The van der Waals surface area contributed by atoms with Crippen molar-refractivity contribution in [1.29, 1.82) is 0 Å². The summed E-state index contributed by atoms with van der Waals surface area (Å²) in [5.74, 6) is -2.32. The first-order chi connectivity index (χ1) is 6.50. The molecule has 1 atom stereocenters. The van der Waals surface area contributed by atoms with E-state index in [1.807, 2.05) is 0 Å². The first-order valence-electron chi connectivity index (χ1n) is 3.89. The number of rotatable bonds is 3. The summed E-state index contributed by atoms with van der Waals surface area (Å²) in [4.78, 5) is 22.2. The highest BCUT2D eigenvalue weighted by Gasteiger charge is 2.54. The third kappa shape index (κ3) is 3.08. The Labute approximate surface area is 84.2 Å². The molecule has 0 spiro atoms. The maximum absolute atomic E-state index is 12.3. The topological polar surface area (TPSA) is 89.4 Å². The Balaban J connectivity index is 4.78. The molecule has 0 aromatic heterocycles. The number of hydrogen-bond acceptors (Lipinski definition) is 3. The van der Waals surface area contributed by atoms with Crippen LogP contribution in [0.5, 0.6) is 0 Å². The van der Waals surface area contributed by atoms with Gasteiger partial charge in [-0.05, 0) is 6.92 Å². The van der Waals surface area contributed by atoms with Crippen molar-refractivity contribution >= 4 is 11.8 Å². The Morgan fingerprint density at radius 2 is 1.73 bits per heavy atom. The molecule has 15 heavy (non-hydrogen) atoms. The van der Waals surface area contributed by atoms with Crippen LogP contribution in [0.2, 0.25) is 0 Å². The van der Waals surface area contributed by atoms with Gasteiger partial charge in [0.05, 0.1) is 6.54 Å². The number of alkyl halides is 3. The van der Waals surface area contributed by atoms with Crippen LogP contribution in [-0.4, -0.2) is 42.0 Å². The first kappa shape index (κ1) is 13.7. The highest BCUT2D eigenvalue weighted by molar-refractivity contribution is 5.90. The molecule has 0 saturated carbocycles. The minimum atomic E-state index is -4.88. The lowest BCUT2D eigenvalue weighted by molar-refractivity contribution is -0.193. The van der Waals surface area contributed by atoms with E-state index in [2.05, 4.69) is 0 Å². The smallest absolute Gasteiger partial charge is 0.368 e. The third-order valence-electron chi connectivity index (χ3n) is 1.77. The number of nitrogens with zero attached hydrogens (tertiary/aromatic N) is 1. The van der Waals surface area contributed by atoms with Crippen LogP contribution >= 0.6 is 0 Å². The van der Waals surface area contributed by atoms with Crippen LogP contribution in [0.15, 0.2) is 0 Å². The van der Waals surface area contributed by atoms with Gasteiger partial charge in [-0.1, -0.05) is 0 Å². The van der Waals surface area contributed by atoms with Gasteiger partial charge in [0.25, 0.3) is 5.91 Å². The molecule has 0 aliphatic carbocycles. The van der Waals surface area contributed by atoms with Crippen molar-refractivity contribution in [2.75, 3.05) is 13.6 Å². The van der Waals surface area contributed by atoms with Crippen LogP contribution in [-0.2, 0) is 9.59 Å². The van der Waals surface area contributed by atoms with Crippen molar-refractivity contribution in [2.24, 2.45) is 11.5 Å². The molecule has 0 aromatic carbocycles. The second-order valence-electron chi connectivity index (χ2n) is 3.33. The summed E-state index contributed by atoms with van der Waals surface area (Å²) in [5.41, 5.74) is 6.56. The number of amides is 2. The Hall–Kier alpha value is -1.31. The van der Waals surface area contributed by atoms with Crippen LogP contribution in [0.25, 0.3) is 0 Å². The number of primary amides is 1. The van der Waals surface area contributed by atoms with Crippen molar-refractivity contribution in [3.05, 3.63) is 0 Å². The van der Waals surface area contributed by atoms with Gasteiger partial charge >= 0.3 is 6.18 Å². The van der Waals surface area contributed by atoms with Gasteiger partial charge in [-0.15, -0.1) is 0 Å². The normalized spacial score (nSPS) is 15.6. The molecule has 0 rings (SSSR count). The molecule has 4 N–H and O–H groups in total. The van der Waals surface area contributed by atoms with Gasteiger partial charge < -0.3 is 16.4 Å². The van der Waals surface area contributed by atoms with Crippen molar-refractivity contribution < 1.29 is 22.8 Å². The Morgan fingerprint density at radius 1 is 1.33 bits per heavy atom. The summed E-state index contributed by atoms with van der Waals surface area (Å²) in [6, 6.07) is 0. The van der Waals surface area contributed by atoms with Crippen LogP contribution in [0.1, 0.15) is 6.92 Å². The van der Waals surface area contributed by atoms with E-state index in [0.717, 1.165) is 7.05 Å². The van der Waals surface area contributed by atoms with Gasteiger partial charge in [-0.25, -0.2) is 0 Å². The van der Waals surface area contributed by atoms with E-state index in [9.17, 15) is 22.8 Å². The van der Waals surface area contributed by atoms with E-state index >= 15 is 0 Å². The first-order valence-corrected chi connectivity index (χ1v) is 3.89. The fourth-order valence-electron chi connectivity index (χ4n) is 0.823. The number of carbonyl (C=O) groups excluding carboxylic acids is 2. The van der Waals surface area contributed by atoms with Gasteiger partial charge in [0.15, 0.2) is 5.54 Å².